The van der Waals surface area contributed by atoms with Crippen LogP contribution in [0.2, 0.25) is 0 Å². The maximum atomic E-state index is 13.8. The number of hydrogen-bond donors (Lipinski definition) is 2. The molecule has 0 spiro atoms. The summed E-state index contributed by atoms with van der Waals surface area (Å²) in [5, 5.41) is 6.30. The van der Waals surface area contributed by atoms with Gasteiger partial charge < -0.3 is 15.5 Å². The molecule has 0 radical (unpaired) electrons. The number of piperidine rings is 1. The van der Waals surface area contributed by atoms with Gasteiger partial charge in [0.15, 0.2) is 11.6 Å². The van der Waals surface area contributed by atoms with Crippen LogP contribution in [0, 0.1) is 5.82 Å². The summed E-state index contributed by atoms with van der Waals surface area (Å²) in [4.78, 5) is 10.6. The number of likely N-dealkylation sites (tertiary alicyclic amines) is 1. The Morgan fingerprint density at radius 1 is 1.45 bits per heavy atom. The average molecular weight is 281 g/mol. The van der Waals surface area contributed by atoms with Gasteiger partial charge in [-0.25, -0.2) is 9.37 Å². The van der Waals surface area contributed by atoms with E-state index in [9.17, 15) is 4.39 Å². The van der Waals surface area contributed by atoms with Crippen LogP contribution < -0.4 is 10.6 Å². The van der Waals surface area contributed by atoms with Crippen LogP contribution in [0.15, 0.2) is 6.20 Å². The number of hydrogen-bond acceptors (Lipinski definition) is 5. The highest BCUT2D eigenvalue weighted by Gasteiger charge is 2.20. The van der Waals surface area contributed by atoms with E-state index in [1.54, 1.807) is 0 Å². The molecule has 20 heavy (non-hydrogen) atoms. The van der Waals surface area contributed by atoms with Gasteiger partial charge in [0, 0.05) is 19.1 Å². The fraction of sp³-hybridized carbons (Fsp3) is 0.714. The van der Waals surface area contributed by atoms with E-state index in [0.717, 1.165) is 45.4 Å². The Bertz CT molecular complexity index is 426. The van der Waals surface area contributed by atoms with Gasteiger partial charge in [0.1, 0.15) is 0 Å². The van der Waals surface area contributed by atoms with Crippen LogP contribution in [0.25, 0.3) is 0 Å². The van der Waals surface area contributed by atoms with Gasteiger partial charge in [-0.1, -0.05) is 13.8 Å². The Morgan fingerprint density at radius 2 is 2.30 bits per heavy atom. The molecule has 0 aromatic carbocycles. The van der Waals surface area contributed by atoms with Gasteiger partial charge in [-0.3, -0.25) is 0 Å². The third-order valence-electron chi connectivity index (χ3n) is 3.57. The molecule has 0 amide bonds. The highest BCUT2D eigenvalue weighted by atomic mass is 19.1. The summed E-state index contributed by atoms with van der Waals surface area (Å²) >= 11 is 0. The maximum Gasteiger partial charge on any atom is 0.224 e. The molecule has 1 aromatic heterocycles. The minimum atomic E-state index is -0.388. The molecule has 2 heterocycles. The van der Waals surface area contributed by atoms with Crippen molar-refractivity contribution in [2.75, 3.05) is 36.8 Å². The van der Waals surface area contributed by atoms with E-state index < -0.39 is 0 Å². The molecule has 2 rings (SSSR count). The molecule has 5 nitrogen and oxygen atoms in total. The number of aromatic nitrogens is 2. The first-order valence-electron chi connectivity index (χ1n) is 7.48. The minimum Gasteiger partial charge on any atom is -0.363 e. The van der Waals surface area contributed by atoms with Crippen molar-refractivity contribution < 1.29 is 4.39 Å². The number of halogens is 1. The first kappa shape index (κ1) is 15.0. The minimum absolute atomic E-state index is 0.257. The lowest BCUT2D eigenvalue weighted by Gasteiger charge is -2.32. The molecular weight excluding hydrogens is 257 g/mol. The number of likely N-dealkylation sites (N-methyl/N-ethyl adjacent to an activating group) is 1. The molecule has 1 atom stereocenters. The van der Waals surface area contributed by atoms with Crippen LogP contribution in [0.3, 0.4) is 0 Å². The summed E-state index contributed by atoms with van der Waals surface area (Å²) in [6.45, 7) is 8.12. The fourth-order valence-electron chi connectivity index (χ4n) is 2.44. The van der Waals surface area contributed by atoms with Crippen LogP contribution in [0.5, 0.6) is 0 Å². The monoisotopic (exact) mass is 281 g/mol. The summed E-state index contributed by atoms with van der Waals surface area (Å²) in [5.41, 5.74) is 0. The smallest absolute Gasteiger partial charge is 0.224 e. The molecule has 1 unspecified atom stereocenters. The number of rotatable bonds is 6. The molecule has 1 aliphatic rings. The van der Waals surface area contributed by atoms with E-state index in [2.05, 4.69) is 39.3 Å². The predicted octanol–water partition coefficient (Wildman–Crippen LogP) is 2.33. The molecule has 1 aromatic rings. The van der Waals surface area contributed by atoms with Crippen molar-refractivity contribution in [1.82, 2.24) is 14.9 Å². The molecular formula is C14H24FN5. The lowest BCUT2D eigenvalue weighted by molar-refractivity contribution is 0.226. The Balaban J connectivity index is 2.00. The predicted molar refractivity (Wildman–Crippen MR) is 79.5 cm³/mol. The second kappa shape index (κ2) is 7.38. The molecule has 6 heteroatoms. The quantitative estimate of drug-likeness (QED) is 0.838. The molecule has 0 saturated carbocycles. The molecule has 1 saturated heterocycles. The van der Waals surface area contributed by atoms with Crippen molar-refractivity contribution in [1.29, 1.82) is 0 Å². The van der Waals surface area contributed by atoms with Crippen molar-refractivity contribution in [2.24, 2.45) is 0 Å². The Labute approximate surface area is 120 Å². The molecule has 1 fully saturated rings. The SMILES string of the molecule is CCCNc1ncc(F)c(NC2CCCN(CC)C2)n1. The summed E-state index contributed by atoms with van der Waals surface area (Å²) in [5.74, 6) is 0.404. The largest absolute Gasteiger partial charge is 0.363 e. The van der Waals surface area contributed by atoms with Gasteiger partial charge in [-0.2, -0.15) is 4.98 Å². The van der Waals surface area contributed by atoms with Crippen LogP contribution in [0.4, 0.5) is 16.2 Å². The number of nitrogens with zero attached hydrogens (tertiary/aromatic N) is 3. The maximum absolute atomic E-state index is 13.8. The third-order valence-corrected chi connectivity index (χ3v) is 3.57. The van der Waals surface area contributed by atoms with E-state index in [1.807, 2.05) is 0 Å². The van der Waals surface area contributed by atoms with Crippen LogP contribution in [-0.4, -0.2) is 47.1 Å². The van der Waals surface area contributed by atoms with Crippen molar-refractivity contribution in [2.45, 2.75) is 39.2 Å². The highest BCUT2D eigenvalue weighted by molar-refractivity contribution is 5.42. The van der Waals surface area contributed by atoms with E-state index >= 15 is 0 Å². The molecule has 2 N–H and O–H groups in total. The summed E-state index contributed by atoms with van der Waals surface area (Å²) in [7, 11) is 0. The van der Waals surface area contributed by atoms with Crippen molar-refractivity contribution in [3.05, 3.63) is 12.0 Å². The second-order valence-corrected chi connectivity index (χ2v) is 5.19. The normalized spacial score (nSPS) is 19.9. The summed E-state index contributed by atoms with van der Waals surface area (Å²) in [6, 6.07) is 0.257. The topological polar surface area (TPSA) is 53.1 Å². The average Bonchev–Trinajstić information content (AvgIpc) is 2.48. The molecule has 0 aliphatic carbocycles. The zero-order valence-corrected chi connectivity index (χ0v) is 12.3. The number of anilines is 2. The van der Waals surface area contributed by atoms with Gasteiger partial charge in [-0.15, -0.1) is 0 Å². The van der Waals surface area contributed by atoms with Gasteiger partial charge in [0.05, 0.1) is 6.20 Å². The van der Waals surface area contributed by atoms with Crippen LogP contribution >= 0.6 is 0 Å². The first-order valence-corrected chi connectivity index (χ1v) is 7.48. The fourth-order valence-corrected chi connectivity index (χ4v) is 2.44. The third kappa shape index (κ3) is 4.03. The van der Waals surface area contributed by atoms with Gasteiger partial charge in [-0.05, 0) is 32.4 Å². The van der Waals surface area contributed by atoms with Gasteiger partial charge >= 0.3 is 0 Å². The van der Waals surface area contributed by atoms with Crippen molar-refractivity contribution in [3.8, 4) is 0 Å². The lowest BCUT2D eigenvalue weighted by Crippen LogP contribution is -2.42. The Morgan fingerprint density at radius 3 is 3.05 bits per heavy atom. The number of nitrogens with one attached hydrogen (secondary N) is 2. The van der Waals surface area contributed by atoms with Crippen molar-refractivity contribution in [3.63, 3.8) is 0 Å². The Hall–Kier alpha value is -1.43. The van der Waals surface area contributed by atoms with Gasteiger partial charge in [0.2, 0.25) is 5.95 Å². The second-order valence-electron chi connectivity index (χ2n) is 5.19. The van der Waals surface area contributed by atoms with E-state index in [-0.39, 0.29) is 11.9 Å². The molecule has 1 aliphatic heterocycles. The van der Waals surface area contributed by atoms with Gasteiger partial charge in [0.25, 0.3) is 0 Å². The van der Waals surface area contributed by atoms with Crippen molar-refractivity contribution >= 4 is 11.8 Å². The Kier molecular flexibility index (Phi) is 5.52. The van der Waals surface area contributed by atoms with Crippen LogP contribution in [-0.2, 0) is 0 Å². The zero-order chi connectivity index (χ0) is 14.4. The van der Waals surface area contributed by atoms with E-state index in [1.165, 1.54) is 6.20 Å². The lowest BCUT2D eigenvalue weighted by atomic mass is 10.1. The standard InChI is InChI=1S/C14H24FN5/c1-3-7-16-14-17-9-12(15)13(19-14)18-11-6-5-8-20(4-2)10-11/h9,11H,3-8,10H2,1-2H3,(H2,16,17,18,19). The zero-order valence-electron chi connectivity index (χ0n) is 12.3. The summed E-state index contributed by atoms with van der Waals surface area (Å²) in [6.07, 6.45) is 4.40. The highest BCUT2D eigenvalue weighted by Crippen LogP contribution is 2.17. The van der Waals surface area contributed by atoms with E-state index in [4.69, 9.17) is 0 Å². The van der Waals surface area contributed by atoms with Crippen LogP contribution in [0.1, 0.15) is 33.1 Å². The first-order chi connectivity index (χ1) is 9.72. The summed E-state index contributed by atoms with van der Waals surface area (Å²) < 4.78 is 13.8. The van der Waals surface area contributed by atoms with E-state index in [0.29, 0.717) is 11.8 Å². The molecule has 112 valence electrons. The molecule has 0 bridgehead atoms.